The molecule has 0 spiro atoms. The van der Waals surface area contributed by atoms with Crippen molar-refractivity contribution in [3.63, 3.8) is 0 Å². The van der Waals surface area contributed by atoms with Crippen LogP contribution in [0.2, 0.25) is 0 Å². The van der Waals surface area contributed by atoms with Crippen LogP contribution in [0.25, 0.3) is 10.9 Å². The van der Waals surface area contributed by atoms with E-state index in [-0.39, 0.29) is 30.2 Å². The number of aromatic nitrogens is 1. The van der Waals surface area contributed by atoms with Gasteiger partial charge in [0.1, 0.15) is 12.4 Å². The van der Waals surface area contributed by atoms with Crippen molar-refractivity contribution < 1.29 is 14.0 Å². The minimum absolute atomic E-state index is 0.0507. The molecule has 38 heavy (non-hydrogen) atoms. The minimum Gasteiger partial charge on any atom is -0.361 e. The van der Waals surface area contributed by atoms with Crippen LogP contribution in [0.3, 0.4) is 0 Å². The van der Waals surface area contributed by atoms with Gasteiger partial charge in [0.05, 0.1) is 0 Å². The molecule has 0 aliphatic heterocycles. The molecule has 3 aromatic carbocycles. The van der Waals surface area contributed by atoms with Gasteiger partial charge in [-0.15, -0.1) is 0 Å². The summed E-state index contributed by atoms with van der Waals surface area (Å²) in [5.41, 5.74) is 4.73. The number of aromatic amines is 1. The molecular formula is C31H35FN4O2. The largest absolute Gasteiger partial charge is 0.361 e. The third-order valence-electron chi connectivity index (χ3n) is 6.43. The van der Waals surface area contributed by atoms with Crippen LogP contribution in [0.1, 0.15) is 30.5 Å². The van der Waals surface area contributed by atoms with Gasteiger partial charge in [0.2, 0.25) is 5.91 Å². The van der Waals surface area contributed by atoms with E-state index in [1.807, 2.05) is 69.4 Å². The molecule has 7 heteroatoms. The molecule has 0 aliphatic rings. The Morgan fingerprint density at radius 1 is 0.974 bits per heavy atom. The van der Waals surface area contributed by atoms with Crippen molar-refractivity contribution in [2.75, 3.05) is 25.0 Å². The standard InChI is InChI=1S/C31H35FN4O2/c1-22(2)19-36(31(38)34-27-8-6-7-23(3)17-27)21-30(37)35(20-24-11-13-26(32)14-12-24)16-15-25-18-33-29-10-5-4-9-28(25)29/h4-14,17-18,22,33H,15-16,19-21H2,1-3H3,(H,34,38). The zero-order chi connectivity index (χ0) is 27.1. The smallest absolute Gasteiger partial charge is 0.322 e. The van der Waals surface area contributed by atoms with Crippen LogP contribution in [-0.2, 0) is 17.8 Å². The number of halogens is 1. The van der Waals surface area contributed by atoms with Crippen molar-refractivity contribution in [2.24, 2.45) is 5.92 Å². The van der Waals surface area contributed by atoms with Gasteiger partial charge in [0.15, 0.2) is 0 Å². The molecule has 3 amide bonds. The lowest BCUT2D eigenvalue weighted by molar-refractivity contribution is -0.132. The maximum Gasteiger partial charge on any atom is 0.322 e. The first-order valence-electron chi connectivity index (χ1n) is 13.0. The first-order valence-corrected chi connectivity index (χ1v) is 13.0. The zero-order valence-electron chi connectivity index (χ0n) is 22.2. The Kier molecular flexibility index (Phi) is 8.79. The first kappa shape index (κ1) is 26.9. The normalized spacial score (nSPS) is 11.1. The monoisotopic (exact) mass is 514 g/mol. The predicted octanol–water partition coefficient (Wildman–Crippen LogP) is 6.38. The average Bonchev–Trinajstić information content (AvgIpc) is 3.30. The molecule has 0 aliphatic carbocycles. The molecule has 0 bridgehead atoms. The molecule has 1 aromatic heterocycles. The van der Waals surface area contributed by atoms with Crippen molar-refractivity contribution in [3.05, 3.63) is 102 Å². The number of urea groups is 1. The number of benzene rings is 3. The highest BCUT2D eigenvalue weighted by Crippen LogP contribution is 2.19. The highest BCUT2D eigenvalue weighted by atomic mass is 19.1. The van der Waals surface area contributed by atoms with Gasteiger partial charge in [0.25, 0.3) is 0 Å². The number of hydrogen-bond acceptors (Lipinski definition) is 2. The fraction of sp³-hybridized carbons (Fsp3) is 0.290. The number of H-pyrrole nitrogens is 1. The number of para-hydroxylation sites is 1. The van der Waals surface area contributed by atoms with Crippen LogP contribution in [0.5, 0.6) is 0 Å². The Hall–Kier alpha value is -4.13. The number of aryl methyl sites for hydroxylation is 1. The molecule has 0 saturated carbocycles. The van der Waals surface area contributed by atoms with Crippen LogP contribution in [0.15, 0.2) is 79.0 Å². The van der Waals surface area contributed by atoms with Crippen molar-refractivity contribution in [2.45, 2.75) is 33.7 Å². The van der Waals surface area contributed by atoms with E-state index in [1.54, 1.807) is 21.9 Å². The molecular weight excluding hydrogens is 479 g/mol. The van der Waals surface area contributed by atoms with E-state index in [9.17, 15) is 14.0 Å². The number of carbonyl (C=O) groups excluding carboxylic acids is 2. The van der Waals surface area contributed by atoms with E-state index in [0.717, 1.165) is 27.6 Å². The van der Waals surface area contributed by atoms with Crippen LogP contribution in [0, 0.1) is 18.7 Å². The maximum atomic E-state index is 13.7. The number of nitrogens with zero attached hydrogens (tertiary/aromatic N) is 2. The van der Waals surface area contributed by atoms with Gasteiger partial charge in [-0.3, -0.25) is 4.79 Å². The Labute approximate surface area is 223 Å². The second-order valence-corrected chi connectivity index (χ2v) is 10.1. The SMILES string of the molecule is Cc1cccc(NC(=O)N(CC(=O)N(CCc2c[nH]c3ccccc23)Cc2ccc(F)cc2)CC(C)C)c1. The summed E-state index contributed by atoms with van der Waals surface area (Å²) in [6, 6.07) is 21.5. The highest BCUT2D eigenvalue weighted by Gasteiger charge is 2.23. The summed E-state index contributed by atoms with van der Waals surface area (Å²) in [4.78, 5) is 33.5. The number of hydrogen-bond donors (Lipinski definition) is 2. The lowest BCUT2D eigenvalue weighted by Crippen LogP contribution is -2.46. The molecule has 4 rings (SSSR count). The zero-order valence-corrected chi connectivity index (χ0v) is 22.2. The molecule has 1 heterocycles. The van der Waals surface area contributed by atoms with E-state index in [0.29, 0.717) is 31.7 Å². The van der Waals surface area contributed by atoms with E-state index >= 15 is 0 Å². The van der Waals surface area contributed by atoms with Crippen molar-refractivity contribution in [1.29, 1.82) is 0 Å². The second kappa shape index (κ2) is 12.4. The van der Waals surface area contributed by atoms with E-state index in [2.05, 4.69) is 16.4 Å². The number of nitrogens with one attached hydrogen (secondary N) is 2. The molecule has 4 aromatic rings. The number of amides is 3. The van der Waals surface area contributed by atoms with E-state index in [1.165, 1.54) is 12.1 Å². The summed E-state index contributed by atoms with van der Waals surface area (Å²) in [6.45, 7) is 7.19. The van der Waals surface area contributed by atoms with E-state index < -0.39 is 0 Å². The van der Waals surface area contributed by atoms with Gasteiger partial charge in [-0.2, -0.15) is 0 Å². The summed E-state index contributed by atoms with van der Waals surface area (Å²) in [5, 5.41) is 4.06. The highest BCUT2D eigenvalue weighted by molar-refractivity contribution is 5.92. The van der Waals surface area contributed by atoms with Crippen molar-refractivity contribution in [3.8, 4) is 0 Å². The van der Waals surface area contributed by atoms with Gasteiger partial charge in [0, 0.05) is 42.4 Å². The number of carbonyl (C=O) groups is 2. The summed E-state index contributed by atoms with van der Waals surface area (Å²) in [5.74, 6) is -0.293. The molecule has 0 radical (unpaired) electrons. The fourth-order valence-electron chi connectivity index (χ4n) is 4.54. The van der Waals surface area contributed by atoms with Gasteiger partial charge in [-0.25, -0.2) is 9.18 Å². The van der Waals surface area contributed by atoms with Crippen molar-refractivity contribution >= 4 is 28.5 Å². The Morgan fingerprint density at radius 2 is 1.74 bits per heavy atom. The fourth-order valence-corrected chi connectivity index (χ4v) is 4.54. The molecule has 2 N–H and O–H groups in total. The van der Waals surface area contributed by atoms with Gasteiger partial charge in [-0.05, 0) is 66.3 Å². The second-order valence-electron chi connectivity index (χ2n) is 10.1. The lowest BCUT2D eigenvalue weighted by atomic mass is 10.1. The van der Waals surface area contributed by atoms with Gasteiger partial charge >= 0.3 is 6.03 Å². The lowest BCUT2D eigenvalue weighted by Gasteiger charge is -2.29. The van der Waals surface area contributed by atoms with Crippen LogP contribution in [0.4, 0.5) is 14.9 Å². The molecule has 198 valence electrons. The molecule has 0 atom stereocenters. The minimum atomic E-state index is -0.318. The third-order valence-corrected chi connectivity index (χ3v) is 6.43. The van der Waals surface area contributed by atoms with Gasteiger partial charge < -0.3 is 20.1 Å². The van der Waals surface area contributed by atoms with E-state index in [4.69, 9.17) is 0 Å². The van der Waals surface area contributed by atoms with Crippen LogP contribution in [-0.4, -0.2) is 46.4 Å². The third kappa shape index (κ3) is 7.22. The topological polar surface area (TPSA) is 68.4 Å². The Bertz CT molecular complexity index is 1380. The summed E-state index contributed by atoms with van der Waals surface area (Å²) in [6.07, 6.45) is 2.63. The predicted molar refractivity (Wildman–Crippen MR) is 150 cm³/mol. The summed E-state index contributed by atoms with van der Waals surface area (Å²) >= 11 is 0. The first-order chi connectivity index (χ1) is 18.3. The van der Waals surface area contributed by atoms with Crippen LogP contribution < -0.4 is 5.32 Å². The molecule has 6 nitrogen and oxygen atoms in total. The average molecular weight is 515 g/mol. The Balaban J connectivity index is 1.51. The molecule has 0 saturated heterocycles. The quantitative estimate of drug-likeness (QED) is 0.258. The summed E-state index contributed by atoms with van der Waals surface area (Å²) < 4.78 is 13.5. The summed E-state index contributed by atoms with van der Waals surface area (Å²) in [7, 11) is 0. The number of fused-ring (bicyclic) bond motifs is 1. The maximum absolute atomic E-state index is 13.7. The molecule has 0 fully saturated rings. The number of rotatable bonds is 10. The van der Waals surface area contributed by atoms with Gasteiger partial charge in [-0.1, -0.05) is 56.3 Å². The Morgan fingerprint density at radius 3 is 2.47 bits per heavy atom. The van der Waals surface area contributed by atoms with Crippen LogP contribution >= 0.6 is 0 Å². The number of anilines is 1. The molecule has 0 unspecified atom stereocenters. The van der Waals surface area contributed by atoms with Crippen molar-refractivity contribution in [1.82, 2.24) is 14.8 Å².